The maximum Gasteiger partial charge on any atom is 0.141 e. The van der Waals surface area contributed by atoms with Crippen molar-refractivity contribution in [3.8, 4) is 0 Å². The quantitative estimate of drug-likeness (QED) is 0.885. The third-order valence-electron chi connectivity index (χ3n) is 2.96. The third-order valence-corrected chi connectivity index (χ3v) is 3.60. The van der Waals surface area contributed by atoms with Gasteiger partial charge >= 0.3 is 0 Å². The number of hydrogen-bond acceptors (Lipinski definition) is 1. The van der Waals surface area contributed by atoms with Gasteiger partial charge in [0.1, 0.15) is 11.6 Å². The van der Waals surface area contributed by atoms with Crippen LogP contribution >= 0.6 is 23.2 Å². The summed E-state index contributed by atoms with van der Waals surface area (Å²) >= 11 is 11.6. The average Bonchev–Trinajstić information content (AvgIpc) is 2.38. The summed E-state index contributed by atoms with van der Waals surface area (Å²) in [5.74, 6) is -0.962. The van der Waals surface area contributed by atoms with Crippen molar-refractivity contribution in [3.63, 3.8) is 0 Å². The Morgan fingerprint density at radius 1 is 0.950 bits per heavy atom. The van der Waals surface area contributed by atoms with Gasteiger partial charge in [-0.05, 0) is 36.2 Å². The number of hydrogen-bond donors (Lipinski definition) is 1. The van der Waals surface area contributed by atoms with Crippen molar-refractivity contribution in [2.75, 3.05) is 0 Å². The van der Waals surface area contributed by atoms with E-state index in [1.807, 2.05) is 0 Å². The molecule has 0 bridgehead atoms. The van der Waals surface area contributed by atoms with Crippen molar-refractivity contribution in [1.29, 1.82) is 0 Å². The van der Waals surface area contributed by atoms with Crippen LogP contribution in [0, 0.1) is 11.6 Å². The second-order valence-electron chi connectivity index (χ2n) is 4.51. The van der Waals surface area contributed by atoms with Crippen LogP contribution in [0.5, 0.6) is 0 Å². The second-order valence-corrected chi connectivity index (χ2v) is 5.33. The molecule has 1 unspecified atom stereocenters. The van der Waals surface area contributed by atoms with E-state index in [-0.39, 0.29) is 28.5 Å². The van der Waals surface area contributed by atoms with Crippen molar-refractivity contribution in [2.24, 2.45) is 0 Å². The van der Waals surface area contributed by atoms with Crippen molar-refractivity contribution in [1.82, 2.24) is 0 Å². The molecule has 2 rings (SSSR count). The van der Waals surface area contributed by atoms with Crippen LogP contribution < -0.4 is 0 Å². The van der Waals surface area contributed by atoms with Gasteiger partial charge in [-0.1, -0.05) is 35.3 Å². The number of aliphatic hydroxyl groups excluding tert-OH is 1. The molecule has 20 heavy (non-hydrogen) atoms. The van der Waals surface area contributed by atoms with E-state index in [1.54, 1.807) is 6.07 Å². The van der Waals surface area contributed by atoms with E-state index in [2.05, 4.69) is 0 Å². The molecular weight excluding hydrogens is 305 g/mol. The van der Waals surface area contributed by atoms with Crippen LogP contribution in [0.25, 0.3) is 0 Å². The van der Waals surface area contributed by atoms with Crippen molar-refractivity contribution < 1.29 is 13.9 Å². The van der Waals surface area contributed by atoms with Gasteiger partial charge in [-0.2, -0.15) is 0 Å². The molecule has 0 saturated carbocycles. The average molecular weight is 317 g/mol. The molecule has 0 radical (unpaired) electrons. The smallest absolute Gasteiger partial charge is 0.141 e. The van der Waals surface area contributed by atoms with Gasteiger partial charge in [0.2, 0.25) is 0 Å². The van der Waals surface area contributed by atoms with Crippen LogP contribution in [0.2, 0.25) is 10.0 Å². The summed E-state index contributed by atoms with van der Waals surface area (Å²) in [6, 6.07) is 8.59. The lowest BCUT2D eigenvalue weighted by Gasteiger charge is -2.13. The van der Waals surface area contributed by atoms with Crippen LogP contribution in [0.1, 0.15) is 11.1 Å². The molecule has 0 aliphatic carbocycles. The van der Waals surface area contributed by atoms with Crippen LogP contribution in [0.3, 0.4) is 0 Å². The summed E-state index contributed by atoms with van der Waals surface area (Å²) in [4.78, 5) is 0. The molecule has 0 aliphatic rings. The van der Waals surface area contributed by atoms with Gasteiger partial charge in [0.15, 0.2) is 0 Å². The van der Waals surface area contributed by atoms with Crippen LogP contribution in [-0.4, -0.2) is 11.2 Å². The van der Waals surface area contributed by atoms with E-state index in [1.165, 1.54) is 30.3 Å². The Kier molecular flexibility index (Phi) is 4.97. The Balaban J connectivity index is 2.09. The van der Waals surface area contributed by atoms with Gasteiger partial charge in [-0.25, -0.2) is 8.78 Å². The van der Waals surface area contributed by atoms with E-state index < -0.39 is 17.7 Å². The second kappa shape index (κ2) is 6.53. The normalized spacial score (nSPS) is 12.4. The van der Waals surface area contributed by atoms with Crippen LogP contribution in [-0.2, 0) is 12.8 Å². The standard InChI is InChI=1S/C15H12Cl2F2O/c16-12-2-1-3-14(18)11(12)8-10(20)6-9-4-5-15(19)13(17)7-9/h1-5,7,10,20H,6,8H2. The first-order chi connectivity index (χ1) is 9.47. The summed E-state index contributed by atoms with van der Waals surface area (Å²) in [5.41, 5.74) is 0.950. The molecular formula is C15H12Cl2F2O. The Morgan fingerprint density at radius 3 is 2.35 bits per heavy atom. The summed E-state index contributed by atoms with van der Waals surface area (Å²) in [5, 5.41) is 10.3. The van der Waals surface area contributed by atoms with Crippen molar-refractivity contribution in [3.05, 3.63) is 69.2 Å². The minimum atomic E-state index is -0.828. The fourth-order valence-corrected chi connectivity index (χ4v) is 2.42. The number of rotatable bonds is 4. The molecule has 2 aromatic carbocycles. The highest BCUT2D eigenvalue weighted by Gasteiger charge is 2.14. The van der Waals surface area contributed by atoms with E-state index in [4.69, 9.17) is 23.2 Å². The Morgan fingerprint density at radius 2 is 1.70 bits per heavy atom. The first-order valence-corrected chi connectivity index (χ1v) is 6.78. The summed E-state index contributed by atoms with van der Waals surface area (Å²) in [6.45, 7) is 0. The third kappa shape index (κ3) is 3.69. The van der Waals surface area contributed by atoms with Crippen LogP contribution in [0.15, 0.2) is 36.4 Å². The zero-order valence-corrected chi connectivity index (χ0v) is 11.9. The lowest BCUT2D eigenvalue weighted by Crippen LogP contribution is -2.15. The van der Waals surface area contributed by atoms with Crippen molar-refractivity contribution in [2.45, 2.75) is 18.9 Å². The highest BCUT2D eigenvalue weighted by molar-refractivity contribution is 6.31. The SMILES string of the molecule is OC(Cc1ccc(F)c(Cl)c1)Cc1c(F)cccc1Cl. The zero-order valence-electron chi connectivity index (χ0n) is 10.4. The molecule has 5 heteroatoms. The largest absolute Gasteiger partial charge is 0.392 e. The lowest BCUT2D eigenvalue weighted by molar-refractivity contribution is 0.174. The Hall–Kier alpha value is -1.16. The highest BCUT2D eigenvalue weighted by atomic mass is 35.5. The molecule has 1 N–H and O–H groups in total. The van der Waals surface area contributed by atoms with Gasteiger partial charge < -0.3 is 5.11 Å². The topological polar surface area (TPSA) is 20.2 Å². The molecule has 0 heterocycles. The molecule has 0 saturated heterocycles. The molecule has 106 valence electrons. The van der Waals surface area contributed by atoms with E-state index >= 15 is 0 Å². The highest BCUT2D eigenvalue weighted by Crippen LogP contribution is 2.22. The van der Waals surface area contributed by atoms with Gasteiger partial charge in [-0.3, -0.25) is 0 Å². The lowest BCUT2D eigenvalue weighted by atomic mass is 10.0. The molecule has 2 aromatic rings. The van der Waals surface area contributed by atoms with Gasteiger partial charge in [0, 0.05) is 17.0 Å². The predicted molar refractivity (Wildman–Crippen MR) is 76.2 cm³/mol. The number of benzene rings is 2. The maximum atomic E-state index is 13.6. The minimum Gasteiger partial charge on any atom is -0.392 e. The number of aliphatic hydroxyl groups is 1. The van der Waals surface area contributed by atoms with E-state index in [0.717, 1.165) is 0 Å². The fourth-order valence-electron chi connectivity index (χ4n) is 1.97. The predicted octanol–water partition coefficient (Wildman–Crippen LogP) is 4.42. The summed E-state index contributed by atoms with van der Waals surface area (Å²) in [7, 11) is 0. The molecule has 1 atom stereocenters. The maximum absolute atomic E-state index is 13.6. The van der Waals surface area contributed by atoms with E-state index in [0.29, 0.717) is 5.56 Å². The number of halogens is 4. The van der Waals surface area contributed by atoms with Crippen molar-refractivity contribution >= 4 is 23.2 Å². The fraction of sp³-hybridized carbons (Fsp3) is 0.200. The minimum absolute atomic E-state index is 0.00127. The molecule has 0 fully saturated rings. The molecule has 0 spiro atoms. The molecule has 0 aromatic heterocycles. The molecule has 0 amide bonds. The van der Waals surface area contributed by atoms with Crippen LogP contribution in [0.4, 0.5) is 8.78 Å². The Bertz CT molecular complexity index is 597. The van der Waals surface area contributed by atoms with Gasteiger partial charge in [-0.15, -0.1) is 0 Å². The first kappa shape index (κ1) is 15.2. The summed E-state index contributed by atoms with van der Waals surface area (Å²) < 4.78 is 26.6. The monoisotopic (exact) mass is 316 g/mol. The summed E-state index contributed by atoms with van der Waals surface area (Å²) in [6.07, 6.45) is -0.503. The van der Waals surface area contributed by atoms with Gasteiger partial charge in [0.25, 0.3) is 0 Å². The zero-order chi connectivity index (χ0) is 14.7. The molecule has 0 aliphatic heterocycles. The van der Waals surface area contributed by atoms with Gasteiger partial charge in [0.05, 0.1) is 11.1 Å². The van der Waals surface area contributed by atoms with E-state index in [9.17, 15) is 13.9 Å². The Labute approximate surface area is 125 Å². The first-order valence-electron chi connectivity index (χ1n) is 6.02. The molecule has 1 nitrogen and oxygen atoms in total.